The molecule has 2 aromatic carbocycles. The lowest BCUT2D eigenvalue weighted by Crippen LogP contribution is -2.15. The Morgan fingerprint density at radius 2 is 1.46 bits per heavy atom. The van der Waals surface area contributed by atoms with Crippen molar-refractivity contribution in [2.45, 2.75) is 25.7 Å². The van der Waals surface area contributed by atoms with Gasteiger partial charge >= 0.3 is 0 Å². The van der Waals surface area contributed by atoms with Crippen molar-refractivity contribution in [2.24, 2.45) is 0 Å². The number of para-hydroxylation sites is 1. The van der Waals surface area contributed by atoms with E-state index in [4.69, 9.17) is 14.2 Å². The predicted octanol–water partition coefficient (Wildman–Crippen LogP) is 3.54. The molecule has 0 atom stereocenters. The molecule has 0 unspecified atom stereocenters. The Hall–Kier alpha value is -2.74. The summed E-state index contributed by atoms with van der Waals surface area (Å²) in [5.41, 5.74) is 0.471. The highest BCUT2D eigenvalue weighted by molar-refractivity contribution is 7.90. The first-order valence-corrected chi connectivity index (χ1v) is 10.9. The number of carbonyl (C=O) groups excluding carboxylic acids is 1. The lowest BCUT2D eigenvalue weighted by Gasteiger charge is -2.17. The first-order chi connectivity index (χ1) is 13.3. The zero-order valence-electron chi connectivity index (χ0n) is 16.4. The minimum absolute atomic E-state index is 0.0457. The number of benzene rings is 2. The Labute approximate surface area is 165 Å². The Balaban J connectivity index is 2.46. The monoisotopic (exact) mass is 407 g/mol. The number of carbonyl (C=O) groups is 1. The highest BCUT2D eigenvalue weighted by Gasteiger charge is 2.20. The number of amides is 1. The summed E-state index contributed by atoms with van der Waals surface area (Å²) in [5.74, 6) is 0.717. The van der Waals surface area contributed by atoms with Gasteiger partial charge in [0.05, 0.1) is 30.4 Å². The maximum atomic E-state index is 12.8. The summed E-state index contributed by atoms with van der Waals surface area (Å²) in [5, 5.41) is 2.65. The van der Waals surface area contributed by atoms with Crippen molar-refractivity contribution in [1.82, 2.24) is 0 Å². The largest absolute Gasteiger partial charge is 0.490 e. The summed E-state index contributed by atoms with van der Waals surface area (Å²) in [6.45, 7) is 6.67. The first kappa shape index (κ1) is 21.6. The molecule has 0 heterocycles. The van der Waals surface area contributed by atoms with E-state index in [0.717, 1.165) is 6.26 Å². The van der Waals surface area contributed by atoms with Crippen LogP contribution in [0.25, 0.3) is 0 Å². The van der Waals surface area contributed by atoms with Crippen LogP contribution in [0.3, 0.4) is 0 Å². The summed E-state index contributed by atoms with van der Waals surface area (Å²) in [6.07, 6.45) is 1.09. The van der Waals surface area contributed by atoms with Crippen LogP contribution >= 0.6 is 0 Å². The third kappa shape index (κ3) is 5.16. The van der Waals surface area contributed by atoms with Gasteiger partial charge in [0.2, 0.25) is 5.75 Å². The van der Waals surface area contributed by atoms with Crippen molar-refractivity contribution in [2.75, 3.05) is 31.4 Å². The fourth-order valence-corrected chi connectivity index (χ4v) is 3.45. The van der Waals surface area contributed by atoms with E-state index in [0.29, 0.717) is 37.1 Å². The number of sulfone groups is 1. The van der Waals surface area contributed by atoms with E-state index < -0.39 is 15.7 Å². The topological polar surface area (TPSA) is 90.9 Å². The summed E-state index contributed by atoms with van der Waals surface area (Å²) in [6, 6.07) is 9.34. The standard InChI is InChI=1S/C20H25NO6S/c1-5-25-16-12-14(13-17(26-6-2)19(16)27-7-3)20(22)21-15-10-8-9-11-18(15)28(4,23)24/h8-13H,5-7H2,1-4H3,(H,21,22). The molecule has 1 amide bonds. The van der Waals surface area contributed by atoms with Gasteiger partial charge in [0.1, 0.15) is 0 Å². The Morgan fingerprint density at radius 1 is 0.929 bits per heavy atom. The molecule has 1 N–H and O–H groups in total. The van der Waals surface area contributed by atoms with Gasteiger partial charge in [-0.3, -0.25) is 4.79 Å². The van der Waals surface area contributed by atoms with Gasteiger partial charge in [0.25, 0.3) is 5.91 Å². The van der Waals surface area contributed by atoms with Crippen molar-refractivity contribution < 1.29 is 27.4 Å². The summed E-state index contributed by atoms with van der Waals surface area (Å²) in [4.78, 5) is 12.9. The van der Waals surface area contributed by atoms with Crippen molar-refractivity contribution in [3.8, 4) is 17.2 Å². The Bertz CT molecular complexity index is 912. The zero-order valence-corrected chi connectivity index (χ0v) is 17.3. The predicted molar refractivity (Wildman–Crippen MR) is 107 cm³/mol. The molecule has 0 aromatic heterocycles. The number of hydrogen-bond donors (Lipinski definition) is 1. The number of nitrogens with one attached hydrogen (secondary N) is 1. The fourth-order valence-electron chi connectivity index (χ4n) is 2.61. The second-order valence-electron chi connectivity index (χ2n) is 5.82. The van der Waals surface area contributed by atoms with E-state index >= 15 is 0 Å². The Morgan fingerprint density at radius 3 is 1.96 bits per heavy atom. The molecule has 0 saturated carbocycles. The van der Waals surface area contributed by atoms with Crippen LogP contribution in [0.2, 0.25) is 0 Å². The summed E-state index contributed by atoms with van der Waals surface area (Å²) >= 11 is 0. The van der Waals surface area contributed by atoms with Crippen LogP contribution in [0.15, 0.2) is 41.3 Å². The van der Waals surface area contributed by atoms with Gasteiger partial charge in [-0.05, 0) is 45.0 Å². The lowest BCUT2D eigenvalue weighted by atomic mass is 10.1. The molecule has 0 aliphatic heterocycles. The molecule has 8 heteroatoms. The molecule has 0 aliphatic carbocycles. The second kappa shape index (κ2) is 9.45. The first-order valence-electron chi connectivity index (χ1n) is 8.98. The molecule has 28 heavy (non-hydrogen) atoms. The van der Waals surface area contributed by atoms with Crippen LogP contribution in [-0.2, 0) is 9.84 Å². The Kier molecular flexibility index (Phi) is 7.28. The van der Waals surface area contributed by atoms with Gasteiger partial charge in [-0.25, -0.2) is 8.42 Å². The second-order valence-corrected chi connectivity index (χ2v) is 7.81. The minimum atomic E-state index is -3.49. The smallest absolute Gasteiger partial charge is 0.255 e. The van der Waals surface area contributed by atoms with E-state index in [9.17, 15) is 13.2 Å². The number of ether oxygens (including phenoxy) is 3. The van der Waals surface area contributed by atoms with Gasteiger partial charge in [-0.1, -0.05) is 12.1 Å². The molecule has 0 aliphatic rings. The van der Waals surface area contributed by atoms with Gasteiger partial charge in [0, 0.05) is 11.8 Å². The fraction of sp³-hybridized carbons (Fsp3) is 0.350. The molecule has 0 fully saturated rings. The average molecular weight is 407 g/mol. The van der Waals surface area contributed by atoms with Gasteiger partial charge < -0.3 is 19.5 Å². The normalized spacial score (nSPS) is 11.0. The van der Waals surface area contributed by atoms with Crippen molar-refractivity contribution in [3.05, 3.63) is 42.0 Å². The highest BCUT2D eigenvalue weighted by Crippen LogP contribution is 2.39. The molecule has 0 saturated heterocycles. The molecule has 152 valence electrons. The molecule has 0 spiro atoms. The van der Waals surface area contributed by atoms with Crippen LogP contribution in [-0.4, -0.2) is 40.4 Å². The SMILES string of the molecule is CCOc1cc(C(=O)Nc2ccccc2S(C)(=O)=O)cc(OCC)c1OCC. The van der Waals surface area contributed by atoms with Crippen LogP contribution in [0.5, 0.6) is 17.2 Å². The molecular formula is C20H25NO6S. The molecule has 2 rings (SSSR count). The number of hydrogen-bond acceptors (Lipinski definition) is 6. The molecule has 0 radical (unpaired) electrons. The van der Waals surface area contributed by atoms with E-state index in [2.05, 4.69) is 5.32 Å². The van der Waals surface area contributed by atoms with E-state index in [-0.39, 0.29) is 16.1 Å². The summed E-state index contributed by atoms with van der Waals surface area (Å²) < 4.78 is 40.8. The van der Waals surface area contributed by atoms with E-state index in [1.807, 2.05) is 20.8 Å². The molecule has 2 aromatic rings. The van der Waals surface area contributed by atoms with Crippen molar-refractivity contribution in [3.63, 3.8) is 0 Å². The highest BCUT2D eigenvalue weighted by atomic mass is 32.2. The quantitative estimate of drug-likeness (QED) is 0.684. The van der Waals surface area contributed by atoms with Crippen molar-refractivity contribution in [1.29, 1.82) is 0 Å². The van der Waals surface area contributed by atoms with Gasteiger partial charge in [-0.2, -0.15) is 0 Å². The zero-order chi connectivity index (χ0) is 20.7. The molecule has 0 bridgehead atoms. The van der Waals surface area contributed by atoms with E-state index in [1.165, 1.54) is 12.1 Å². The van der Waals surface area contributed by atoms with Crippen LogP contribution < -0.4 is 19.5 Å². The summed E-state index contributed by atoms with van der Waals surface area (Å²) in [7, 11) is -3.49. The lowest BCUT2D eigenvalue weighted by molar-refractivity contribution is 0.102. The third-order valence-corrected chi connectivity index (χ3v) is 4.86. The van der Waals surface area contributed by atoms with Crippen molar-refractivity contribution >= 4 is 21.4 Å². The maximum Gasteiger partial charge on any atom is 0.255 e. The van der Waals surface area contributed by atoms with Gasteiger partial charge in [0.15, 0.2) is 21.3 Å². The molecular weight excluding hydrogens is 382 g/mol. The van der Waals surface area contributed by atoms with Crippen LogP contribution in [0.4, 0.5) is 5.69 Å². The van der Waals surface area contributed by atoms with Crippen LogP contribution in [0.1, 0.15) is 31.1 Å². The molecule has 7 nitrogen and oxygen atoms in total. The maximum absolute atomic E-state index is 12.8. The number of rotatable bonds is 9. The minimum Gasteiger partial charge on any atom is -0.490 e. The van der Waals surface area contributed by atoms with E-state index in [1.54, 1.807) is 24.3 Å². The average Bonchev–Trinajstić information content (AvgIpc) is 2.64. The third-order valence-electron chi connectivity index (χ3n) is 3.71. The van der Waals surface area contributed by atoms with Crippen LogP contribution in [0, 0.1) is 0 Å². The number of anilines is 1. The van der Waals surface area contributed by atoms with Gasteiger partial charge in [-0.15, -0.1) is 0 Å².